The Morgan fingerprint density at radius 3 is 2.71 bits per heavy atom. The number of hydrogen-bond donors (Lipinski definition) is 2. The summed E-state index contributed by atoms with van der Waals surface area (Å²) in [6.45, 7) is 3.45. The number of aromatic nitrogens is 2. The average molecular weight is 324 g/mol. The van der Waals surface area contributed by atoms with E-state index in [4.69, 9.17) is 0 Å². The lowest BCUT2D eigenvalue weighted by molar-refractivity contribution is -0.124. The maximum atomic E-state index is 12.2. The molecule has 0 radical (unpaired) electrons. The van der Waals surface area contributed by atoms with E-state index >= 15 is 0 Å². The monoisotopic (exact) mass is 324 g/mol. The number of rotatable bonds is 1. The molecule has 6 heteroatoms. The Hall–Kier alpha value is -2.39. The first-order valence-corrected chi connectivity index (χ1v) is 8.32. The number of fused-ring (bicyclic) bond motifs is 1. The number of nitrogens with one attached hydrogen (secondary N) is 1. The molecule has 24 heavy (non-hydrogen) atoms. The van der Waals surface area contributed by atoms with Crippen LogP contribution in [-0.2, 0) is 0 Å². The molecule has 0 aromatic carbocycles. The molecule has 1 saturated carbocycles. The number of anilines is 1. The van der Waals surface area contributed by atoms with Crippen LogP contribution in [0.3, 0.4) is 0 Å². The van der Waals surface area contributed by atoms with Gasteiger partial charge in [0.2, 0.25) is 0 Å². The maximum Gasteiger partial charge on any atom is 0.268 e. The average Bonchev–Trinajstić information content (AvgIpc) is 2.52. The van der Waals surface area contributed by atoms with E-state index in [0.717, 1.165) is 38.8 Å². The predicted molar refractivity (Wildman–Crippen MR) is 90.8 cm³/mol. The minimum absolute atomic E-state index is 0.137. The van der Waals surface area contributed by atoms with E-state index in [1.165, 1.54) is 0 Å². The van der Waals surface area contributed by atoms with Crippen molar-refractivity contribution in [2.24, 2.45) is 5.41 Å². The molecule has 0 amide bonds. The van der Waals surface area contributed by atoms with Gasteiger partial charge in [0.05, 0.1) is 16.8 Å². The number of aliphatic hydroxyl groups is 1. The van der Waals surface area contributed by atoms with Crippen LogP contribution in [-0.4, -0.2) is 33.8 Å². The molecular formula is C18H20N4O2. The van der Waals surface area contributed by atoms with Crippen molar-refractivity contribution in [3.8, 4) is 6.07 Å². The summed E-state index contributed by atoms with van der Waals surface area (Å²) in [7, 11) is 0. The number of piperidine rings is 1. The summed E-state index contributed by atoms with van der Waals surface area (Å²) in [6, 6.07) is 5.63. The van der Waals surface area contributed by atoms with Crippen molar-refractivity contribution in [1.82, 2.24) is 9.97 Å². The van der Waals surface area contributed by atoms with Crippen molar-refractivity contribution in [2.45, 2.75) is 38.2 Å². The van der Waals surface area contributed by atoms with Crippen LogP contribution in [0.4, 0.5) is 5.69 Å². The third-order valence-electron chi connectivity index (χ3n) is 5.51. The molecule has 0 bridgehead atoms. The Balaban J connectivity index is 1.70. The molecule has 2 fully saturated rings. The molecule has 6 nitrogen and oxygen atoms in total. The normalized spacial score (nSPS) is 21.5. The van der Waals surface area contributed by atoms with Crippen molar-refractivity contribution in [3.63, 3.8) is 0 Å². The van der Waals surface area contributed by atoms with Crippen LogP contribution in [0.5, 0.6) is 0 Å². The number of pyridine rings is 2. The van der Waals surface area contributed by atoms with Crippen LogP contribution >= 0.6 is 0 Å². The van der Waals surface area contributed by atoms with Gasteiger partial charge in [-0.3, -0.25) is 9.78 Å². The molecule has 4 rings (SSSR count). The molecule has 1 spiro atoms. The lowest BCUT2D eigenvalue weighted by atomic mass is 9.56. The molecular weight excluding hydrogens is 304 g/mol. The summed E-state index contributed by atoms with van der Waals surface area (Å²) in [4.78, 5) is 21.5. The molecule has 0 atom stereocenters. The van der Waals surface area contributed by atoms with Gasteiger partial charge >= 0.3 is 0 Å². The quantitative estimate of drug-likeness (QED) is 0.836. The molecule has 1 saturated heterocycles. The van der Waals surface area contributed by atoms with E-state index in [0.29, 0.717) is 16.7 Å². The van der Waals surface area contributed by atoms with Crippen LogP contribution in [0.25, 0.3) is 11.0 Å². The van der Waals surface area contributed by atoms with Gasteiger partial charge in [-0.05, 0) is 50.2 Å². The van der Waals surface area contributed by atoms with Gasteiger partial charge in [-0.2, -0.15) is 5.26 Å². The van der Waals surface area contributed by atoms with Gasteiger partial charge < -0.3 is 15.0 Å². The third kappa shape index (κ3) is 2.28. The second-order valence-electron chi connectivity index (χ2n) is 7.53. The van der Waals surface area contributed by atoms with Gasteiger partial charge in [0.1, 0.15) is 17.1 Å². The highest BCUT2D eigenvalue weighted by atomic mass is 16.3. The molecule has 2 aromatic rings. The van der Waals surface area contributed by atoms with E-state index in [9.17, 15) is 15.2 Å². The largest absolute Gasteiger partial charge is 0.390 e. The first-order chi connectivity index (χ1) is 11.4. The Morgan fingerprint density at radius 2 is 2.08 bits per heavy atom. The predicted octanol–water partition coefficient (Wildman–Crippen LogP) is 1.93. The minimum atomic E-state index is -0.530. The summed E-state index contributed by atoms with van der Waals surface area (Å²) >= 11 is 0. The lowest BCUT2D eigenvalue weighted by Gasteiger charge is -2.55. The zero-order valence-electron chi connectivity index (χ0n) is 13.7. The highest BCUT2D eigenvalue weighted by molar-refractivity contribution is 5.91. The van der Waals surface area contributed by atoms with Gasteiger partial charge in [-0.15, -0.1) is 0 Å². The highest BCUT2D eigenvalue weighted by Gasteiger charge is 2.51. The zero-order valence-corrected chi connectivity index (χ0v) is 13.7. The minimum Gasteiger partial charge on any atom is -0.390 e. The fourth-order valence-electron chi connectivity index (χ4n) is 4.64. The van der Waals surface area contributed by atoms with Gasteiger partial charge in [0.15, 0.2) is 0 Å². The van der Waals surface area contributed by atoms with E-state index in [-0.39, 0.29) is 16.5 Å². The van der Waals surface area contributed by atoms with Crippen molar-refractivity contribution in [3.05, 3.63) is 34.2 Å². The number of aromatic amines is 1. The van der Waals surface area contributed by atoms with Gasteiger partial charge in [-0.1, -0.05) is 0 Å². The fraction of sp³-hybridized carbons (Fsp3) is 0.500. The van der Waals surface area contributed by atoms with E-state index in [2.05, 4.69) is 14.9 Å². The molecule has 2 aliphatic rings. The summed E-state index contributed by atoms with van der Waals surface area (Å²) in [5, 5.41) is 19.5. The molecule has 124 valence electrons. The topological polar surface area (TPSA) is 93.0 Å². The molecule has 3 heterocycles. The summed E-state index contributed by atoms with van der Waals surface area (Å²) in [6.07, 6.45) is 5.30. The SMILES string of the molecule is CC1(O)CC2(CCN(c3c(C#N)c(=O)[nH]c4cccnc34)CC2)C1. The van der Waals surface area contributed by atoms with E-state index < -0.39 is 5.60 Å². The highest BCUT2D eigenvalue weighted by Crippen LogP contribution is 2.54. The van der Waals surface area contributed by atoms with Gasteiger partial charge in [-0.25, -0.2) is 0 Å². The second-order valence-corrected chi connectivity index (χ2v) is 7.53. The van der Waals surface area contributed by atoms with Crippen molar-refractivity contribution in [2.75, 3.05) is 18.0 Å². The summed E-state index contributed by atoms with van der Waals surface area (Å²) in [5.41, 5.74) is 1.44. The number of H-pyrrole nitrogens is 1. The second kappa shape index (κ2) is 5.05. The number of nitriles is 1. The maximum absolute atomic E-state index is 12.2. The first-order valence-electron chi connectivity index (χ1n) is 8.32. The van der Waals surface area contributed by atoms with Crippen LogP contribution in [0.15, 0.2) is 23.1 Å². The van der Waals surface area contributed by atoms with Crippen LogP contribution in [0.1, 0.15) is 38.2 Å². The smallest absolute Gasteiger partial charge is 0.268 e. The molecule has 1 aliphatic carbocycles. The molecule has 0 unspecified atom stereocenters. The third-order valence-corrected chi connectivity index (χ3v) is 5.51. The first kappa shape index (κ1) is 15.2. The standard InChI is InChI=1S/C18H20N4O2/c1-17(24)10-18(11-17)4-7-22(8-5-18)15-12(9-19)16(23)21-13-3-2-6-20-14(13)15/h2-3,6,24H,4-5,7-8,10-11H2,1H3,(H,21,23). The Kier molecular flexibility index (Phi) is 3.19. The number of hydrogen-bond acceptors (Lipinski definition) is 5. The van der Waals surface area contributed by atoms with Crippen molar-refractivity contribution >= 4 is 16.7 Å². The fourth-order valence-corrected chi connectivity index (χ4v) is 4.64. The van der Waals surface area contributed by atoms with Crippen molar-refractivity contribution < 1.29 is 5.11 Å². The summed E-state index contributed by atoms with van der Waals surface area (Å²) in [5.74, 6) is 0. The van der Waals surface area contributed by atoms with Gasteiger partial charge in [0, 0.05) is 19.3 Å². The van der Waals surface area contributed by atoms with Crippen molar-refractivity contribution in [1.29, 1.82) is 5.26 Å². The Bertz CT molecular complexity index is 891. The Labute approximate surface area is 139 Å². The van der Waals surface area contributed by atoms with Crippen LogP contribution in [0, 0.1) is 16.7 Å². The number of nitrogens with zero attached hydrogens (tertiary/aromatic N) is 3. The zero-order chi connectivity index (χ0) is 16.9. The lowest BCUT2D eigenvalue weighted by Crippen LogP contribution is -2.55. The Morgan fingerprint density at radius 1 is 1.38 bits per heavy atom. The van der Waals surface area contributed by atoms with Gasteiger partial charge in [0.25, 0.3) is 5.56 Å². The molecule has 2 N–H and O–H groups in total. The molecule has 1 aliphatic heterocycles. The molecule has 2 aromatic heterocycles. The summed E-state index contributed by atoms with van der Waals surface area (Å²) < 4.78 is 0. The van der Waals surface area contributed by atoms with Crippen LogP contribution in [0.2, 0.25) is 0 Å². The van der Waals surface area contributed by atoms with E-state index in [1.54, 1.807) is 12.3 Å². The van der Waals surface area contributed by atoms with Crippen LogP contribution < -0.4 is 10.5 Å². The van der Waals surface area contributed by atoms with E-state index in [1.807, 2.05) is 19.1 Å².